The predicted octanol–water partition coefficient (Wildman–Crippen LogP) is 5.51. The number of benzene rings is 2. The molecule has 0 spiro atoms. The molecule has 3 N–H and O–H groups in total. The predicted molar refractivity (Wildman–Crippen MR) is 155 cm³/mol. The smallest absolute Gasteiger partial charge is 0.412 e. The molecule has 1 aliphatic heterocycles. The first-order chi connectivity index (χ1) is 19.2. The Morgan fingerprint density at radius 3 is 2.60 bits per heavy atom. The number of ether oxygens (including phenoxy) is 1. The van der Waals surface area contributed by atoms with Gasteiger partial charge in [-0.2, -0.15) is 0 Å². The monoisotopic (exact) mass is 603 g/mol. The number of carboxylic acid groups (broad SMARTS) is 1. The Kier molecular flexibility index (Phi) is 9.67. The average Bonchev–Trinajstić information content (AvgIpc) is 3.42. The van der Waals surface area contributed by atoms with Crippen molar-refractivity contribution in [2.24, 2.45) is 5.92 Å². The van der Waals surface area contributed by atoms with Gasteiger partial charge < -0.3 is 25.4 Å². The summed E-state index contributed by atoms with van der Waals surface area (Å²) in [4.78, 5) is 50.6. The van der Waals surface area contributed by atoms with Crippen LogP contribution in [0.4, 0.5) is 4.79 Å². The van der Waals surface area contributed by atoms with Crippen molar-refractivity contribution in [2.45, 2.75) is 25.3 Å². The maximum absolute atomic E-state index is 13.1. The van der Waals surface area contributed by atoms with Crippen LogP contribution in [0.15, 0.2) is 47.9 Å². The number of amides is 3. The number of hydrogen-bond acceptors (Lipinski definition) is 6. The van der Waals surface area contributed by atoms with E-state index in [0.717, 1.165) is 10.1 Å². The molecule has 3 amide bonds. The summed E-state index contributed by atoms with van der Waals surface area (Å²) >= 11 is 14.3. The summed E-state index contributed by atoms with van der Waals surface area (Å²) in [5, 5.41) is 18.3. The molecular weight excluding hydrogens is 577 g/mol. The van der Waals surface area contributed by atoms with Crippen molar-refractivity contribution in [3.05, 3.63) is 69.0 Å². The Hall–Kier alpha value is -3.60. The molecule has 12 heteroatoms. The van der Waals surface area contributed by atoms with E-state index in [-0.39, 0.29) is 29.9 Å². The average molecular weight is 605 g/mol. The Labute approximate surface area is 244 Å². The number of halogens is 2. The van der Waals surface area contributed by atoms with Gasteiger partial charge in [-0.25, -0.2) is 4.79 Å². The summed E-state index contributed by atoms with van der Waals surface area (Å²) < 4.78 is 6.02. The van der Waals surface area contributed by atoms with E-state index >= 15 is 0 Å². The molecule has 2 heterocycles. The zero-order valence-corrected chi connectivity index (χ0v) is 23.8. The van der Waals surface area contributed by atoms with Crippen LogP contribution in [0.3, 0.4) is 0 Å². The first-order valence-corrected chi connectivity index (χ1v) is 14.1. The second-order valence-corrected chi connectivity index (χ2v) is 10.9. The number of hydrogen-bond donors (Lipinski definition) is 3. The molecule has 210 valence electrons. The second kappa shape index (κ2) is 13.2. The highest BCUT2D eigenvalue weighted by Gasteiger charge is 2.29. The Morgan fingerprint density at radius 1 is 1.15 bits per heavy atom. The largest absolute Gasteiger partial charge is 0.481 e. The number of thiophene rings is 1. The maximum Gasteiger partial charge on any atom is 0.412 e. The first kappa shape index (κ1) is 29.4. The minimum absolute atomic E-state index is 0.201. The molecule has 9 nitrogen and oxygen atoms in total. The Morgan fingerprint density at radius 2 is 1.90 bits per heavy atom. The van der Waals surface area contributed by atoms with Gasteiger partial charge in [-0.15, -0.1) is 11.3 Å². The fraction of sp³-hybridized carbons (Fsp3) is 0.286. The molecule has 1 atom stereocenters. The minimum atomic E-state index is -1.09. The van der Waals surface area contributed by atoms with E-state index in [2.05, 4.69) is 10.6 Å². The standard InChI is InChI=1S/C28H27Cl2N3O6S/c1-31-28(38)39-20-4-2-3-17(14-20)21(15-23(35)36)32-27(37)16-7-10-33(11-8-16)22(34)6-5-18-13-19-9-12-40-26(19)25(30)24(18)29/h2-6,9,12-14,16,21H,7-8,10-11,15H2,1H3,(H,31,38)(H,32,37)(H,35,36)/b6-5+. The second-order valence-electron chi connectivity index (χ2n) is 9.24. The molecule has 4 rings (SSSR count). The van der Waals surface area contributed by atoms with E-state index in [4.69, 9.17) is 27.9 Å². The van der Waals surface area contributed by atoms with Crippen LogP contribution in [0, 0.1) is 5.92 Å². The lowest BCUT2D eigenvalue weighted by Crippen LogP contribution is -2.43. The summed E-state index contributed by atoms with van der Waals surface area (Å²) in [6.07, 6.45) is 2.94. The number of nitrogens with zero attached hydrogens (tertiary/aromatic N) is 1. The number of nitrogens with one attached hydrogen (secondary N) is 2. The molecule has 1 aromatic heterocycles. The normalized spacial score (nSPS) is 14.7. The van der Waals surface area contributed by atoms with Crippen LogP contribution in [0.1, 0.15) is 36.4 Å². The number of aliphatic carboxylic acids is 1. The van der Waals surface area contributed by atoms with Crippen LogP contribution in [-0.2, 0) is 14.4 Å². The quantitative estimate of drug-likeness (QED) is 0.291. The highest BCUT2D eigenvalue weighted by Crippen LogP contribution is 2.37. The number of likely N-dealkylation sites (tertiary alicyclic amines) is 1. The van der Waals surface area contributed by atoms with Gasteiger partial charge in [0.1, 0.15) is 5.75 Å². The van der Waals surface area contributed by atoms with Gasteiger partial charge in [0.15, 0.2) is 0 Å². The highest BCUT2D eigenvalue weighted by molar-refractivity contribution is 7.18. The number of carbonyl (C=O) groups is 4. The van der Waals surface area contributed by atoms with Crippen LogP contribution in [0.25, 0.3) is 16.2 Å². The molecular formula is C28H27Cl2N3O6S. The fourth-order valence-electron chi connectivity index (χ4n) is 4.49. The van der Waals surface area contributed by atoms with Gasteiger partial charge >= 0.3 is 12.1 Å². The fourth-order valence-corrected chi connectivity index (χ4v) is 5.93. The van der Waals surface area contributed by atoms with Crippen LogP contribution >= 0.6 is 34.5 Å². The molecule has 1 unspecified atom stereocenters. The van der Waals surface area contributed by atoms with Crippen molar-refractivity contribution < 1.29 is 29.0 Å². The summed E-state index contributed by atoms with van der Waals surface area (Å²) in [6, 6.07) is 9.36. The van der Waals surface area contributed by atoms with Gasteiger partial charge in [-0.3, -0.25) is 14.4 Å². The van der Waals surface area contributed by atoms with Gasteiger partial charge in [-0.1, -0.05) is 35.3 Å². The number of carboxylic acids is 1. The van der Waals surface area contributed by atoms with Gasteiger partial charge in [0.2, 0.25) is 11.8 Å². The van der Waals surface area contributed by atoms with Crippen LogP contribution in [0.2, 0.25) is 10.0 Å². The molecule has 2 aromatic carbocycles. The number of piperidine rings is 1. The zero-order chi connectivity index (χ0) is 28.8. The minimum Gasteiger partial charge on any atom is -0.481 e. The lowest BCUT2D eigenvalue weighted by atomic mass is 9.94. The molecule has 1 fully saturated rings. The van der Waals surface area contributed by atoms with Crippen molar-refractivity contribution in [3.8, 4) is 5.75 Å². The number of fused-ring (bicyclic) bond motifs is 1. The van der Waals surface area contributed by atoms with Gasteiger partial charge in [0, 0.05) is 32.1 Å². The van der Waals surface area contributed by atoms with Crippen LogP contribution in [-0.4, -0.2) is 54.0 Å². The molecule has 40 heavy (non-hydrogen) atoms. The van der Waals surface area contributed by atoms with Crippen molar-refractivity contribution in [3.63, 3.8) is 0 Å². The molecule has 1 aliphatic rings. The molecule has 0 aliphatic carbocycles. The topological polar surface area (TPSA) is 125 Å². The van der Waals surface area contributed by atoms with Crippen molar-refractivity contribution in [2.75, 3.05) is 20.1 Å². The summed E-state index contributed by atoms with van der Waals surface area (Å²) in [5.41, 5.74) is 1.14. The van der Waals surface area contributed by atoms with Crippen molar-refractivity contribution >= 4 is 74.6 Å². The lowest BCUT2D eigenvalue weighted by Gasteiger charge is -2.31. The third-order valence-corrected chi connectivity index (χ3v) is 8.55. The van der Waals surface area contributed by atoms with Crippen LogP contribution < -0.4 is 15.4 Å². The summed E-state index contributed by atoms with van der Waals surface area (Å²) in [6.45, 7) is 0.747. The maximum atomic E-state index is 13.1. The van der Waals surface area contributed by atoms with Gasteiger partial charge in [-0.05, 0) is 65.1 Å². The molecule has 1 saturated heterocycles. The summed E-state index contributed by atoms with van der Waals surface area (Å²) in [7, 11) is 1.42. The zero-order valence-electron chi connectivity index (χ0n) is 21.5. The highest BCUT2D eigenvalue weighted by atomic mass is 35.5. The Bertz CT molecular complexity index is 1470. The molecule has 0 bridgehead atoms. The Balaban J connectivity index is 1.36. The van der Waals surface area contributed by atoms with E-state index in [1.165, 1.54) is 30.5 Å². The van der Waals surface area contributed by atoms with Crippen molar-refractivity contribution in [1.29, 1.82) is 0 Å². The van der Waals surface area contributed by atoms with E-state index < -0.39 is 18.1 Å². The molecule has 3 aromatic rings. The summed E-state index contributed by atoms with van der Waals surface area (Å²) in [5.74, 6) is -1.75. The van der Waals surface area contributed by atoms with Crippen molar-refractivity contribution in [1.82, 2.24) is 15.5 Å². The third-order valence-electron chi connectivity index (χ3n) is 6.61. The van der Waals surface area contributed by atoms with Crippen LogP contribution in [0.5, 0.6) is 5.75 Å². The van der Waals surface area contributed by atoms with E-state index in [9.17, 15) is 24.3 Å². The number of carbonyl (C=O) groups excluding carboxylic acids is 3. The first-order valence-electron chi connectivity index (χ1n) is 12.5. The number of rotatable bonds is 8. The van der Waals surface area contributed by atoms with Gasteiger partial charge in [0.05, 0.1) is 27.2 Å². The van der Waals surface area contributed by atoms with Gasteiger partial charge in [0.25, 0.3) is 0 Å². The van der Waals surface area contributed by atoms with E-state index in [1.54, 1.807) is 29.2 Å². The third kappa shape index (κ3) is 7.12. The lowest BCUT2D eigenvalue weighted by molar-refractivity contribution is -0.138. The van der Waals surface area contributed by atoms with E-state index in [0.29, 0.717) is 47.1 Å². The molecule has 0 saturated carbocycles. The molecule has 0 radical (unpaired) electrons. The van der Waals surface area contributed by atoms with E-state index in [1.807, 2.05) is 17.5 Å². The SMILES string of the molecule is CNC(=O)Oc1cccc(C(CC(=O)O)NC(=O)C2CCN(C(=O)/C=C/c3cc4ccsc4c(Cl)c3Cl)CC2)c1.